The van der Waals surface area contributed by atoms with Gasteiger partial charge in [0.25, 0.3) is 5.91 Å². The summed E-state index contributed by atoms with van der Waals surface area (Å²) in [6, 6.07) is 12.6. The van der Waals surface area contributed by atoms with Gasteiger partial charge in [0.05, 0.1) is 43.8 Å². The van der Waals surface area contributed by atoms with Crippen LogP contribution in [0, 0.1) is 11.8 Å². The number of methoxy groups -OCH3 is 1. The Morgan fingerprint density at radius 1 is 1.00 bits per heavy atom. The molecule has 246 valence electrons. The van der Waals surface area contributed by atoms with Gasteiger partial charge in [0.2, 0.25) is 11.8 Å². The molecule has 10 heteroatoms. The molecular weight excluding hydrogens is 586 g/mol. The number of fused-ring (bicyclic) bond motifs is 1. The first kappa shape index (κ1) is 33.2. The Balaban J connectivity index is 1.59. The van der Waals surface area contributed by atoms with Crippen LogP contribution in [0.3, 0.4) is 0 Å². The topological polar surface area (TPSA) is 109 Å². The highest BCUT2D eigenvalue weighted by molar-refractivity contribution is 6.07. The maximum Gasteiger partial charge on any atom is 0.253 e. The van der Waals surface area contributed by atoms with E-state index in [0.29, 0.717) is 48.7 Å². The molecule has 2 bridgehead atoms. The standard InChI is InChI=1S/C36H45N3O7/c1-7-21-37(25-13-17-28(18-14-25)45-10-4)32(41)29-30-33(42)39(24(9-3)23-40)31(36(30)20-19-35(29,5)46-36)34(43)38(22-8-2)26-11-15-27(44-6)16-12-26/h7-8,11-18,24,29-31,40H,1-2,9-10,19-23H2,3-6H3/t24-,29-,30-,31?,35+,36?/m0/s1. The van der Waals surface area contributed by atoms with Crippen molar-refractivity contribution < 1.29 is 33.7 Å². The predicted molar refractivity (Wildman–Crippen MR) is 176 cm³/mol. The maximum absolute atomic E-state index is 14.8. The lowest BCUT2D eigenvalue weighted by Gasteiger charge is -2.39. The first-order valence-corrected chi connectivity index (χ1v) is 16.0. The highest BCUT2D eigenvalue weighted by Gasteiger charge is 2.79. The number of rotatable bonds is 14. The second kappa shape index (κ2) is 13.3. The van der Waals surface area contributed by atoms with Crippen molar-refractivity contribution in [1.29, 1.82) is 0 Å². The van der Waals surface area contributed by atoms with Crippen molar-refractivity contribution in [1.82, 2.24) is 4.90 Å². The van der Waals surface area contributed by atoms with Gasteiger partial charge in [-0.1, -0.05) is 19.1 Å². The van der Waals surface area contributed by atoms with E-state index in [1.165, 1.54) is 4.90 Å². The lowest BCUT2D eigenvalue weighted by atomic mass is 9.66. The Morgan fingerprint density at radius 2 is 1.57 bits per heavy atom. The predicted octanol–water partition coefficient (Wildman–Crippen LogP) is 4.37. The third-order valence-electron chi connectivity index (χ3n) is 9.79. The van der Waals surface area contributed by atoms with Crippen LogP contribution in [0.2, 0.25) is 0 Å². The molecule has 0 aromatic heterocycles. The van der Waals surface area contributed by atoms with E-state index in [0.717, 1.165) is 0 Å². The summed E-state index contributed by atoms with van der Waals surface area (Å²) in [4.78, 5) is 48.8. The first-order valence-electron chi connectivity index (χ1n) is 16.0. The lowest BCUT2D eigenvalue weighted by Crippen LogP contribution is -2.59. The van der Waals surface area contributed by atoms with Crippen LogP contribution in [0.1, 0.15) is 40.0 Å². The first-order chi connectivity index (χ1) is 22.1. The molecule has 2 unspecified atom stereocenters. The number of nitrogens with zero attached hydrogens (tertiary/aromatic N) is 3. The molecule has 0 radical (unpaired) electrons. The molecule has 0 saturated carbocycles. The average molecular weight is 632 g/mol. The van der Waals surface area contributed by atoms with E-state index in [1.54, 1.807) is 65.5 Å². The van der Waals surface area contributed by atoms with Gasteiger partial charge in [-0.25, -0.2) is 0 Å². The molecule has 5 rings (SSSR count). The molecule has 3 aliphatic heterocycles. The van der Waals surface area contributed by atoms with Crippen molar-refractivity contribution in [3.63, 3.8) is 0 Å². The quantitative estimate of drug-likeness (QED) is 0.309. The van der Waals surface area contributed by atoms with Crippen LogP contribution in [0.4, 0.5) is 11.4 Å². The summed E-state index contributed by atoms with van der Waals surface area (Å²) in [6.07, 6.45) is 4.62. The van der Waals surface area contributed by atoms with Crippen molar-refractivity contribution >= 4 is 29.1 Å². The largest absolute Gasteiger partial charge is 0.497 e. The summed E-state index contributed by atoms with van der Waals surface area (Å²) in [6.45, 7) is 14.0. The van der Waals surface area contributed by atoms with Gasteiger partial charge in [-0.2, -0.15) is 0 Å². The number of carbonyl (C=O) groups excluding carboxylic acids is 3. The van der Waals surface area contributed by atoms with Crippen LogP contribution in [0.15, 0.2) is 73.8 Å². The van der Waals surface area contributed by atoms with Gasteiger partial charge < -0.3 is 34.0 Å². The number of carbonyl (C=O) groups is 3. The van der Waals surface area contributed by atoms with Gasteiger partial charge in [-0.3, -0.25) is 14.4 Å². The molecule has 3 amide bonds. The maximum atomic E-state index is 14.8. The molecule has 3 saturated heterocycles. The van der Waals surface area contributed by atoms with Gasteiger partial charge in [0, 0.05) is 24.5 Å². The number of ether oxygens (including phenoxy) is 3. The highest BCUT2D eigenvalue weighted by atomic mass is 16.5. The highest BCUT2D eigenvalue weighted by Crippen LogP contribution is 2.64. The van der Waals surface area contributed by atoms with Crippen LogP contribution in [-0.2, 0) is 19.1 Å². The number of anilines is 2. The minimum Gasteiger partial charge on any atom is -0.497 e. The molecule has 3 fully saturated rings. The summed E-state index contributed by atoms with van der Waals surface area (Å²) in [7, 11) is 1.57. The van der Waals surface area contributed by atoms with Gasteiger partial charge >= 0.3 is 0 Å². The molecule has 46 heavy (non-hydrogen) atoms. The number of hydrogen-bond acceptors (Lipinski definition) is 7. The number of hydrogen-bond donors (Lipinski definition) is 1. The third-order valence-corrected chi connectivity index (χ3v) is 9.79. The fraction of sp³-hybridized carbons (Fsp3) is 0.472. The van der Waals surface area contributed by atoms with Gasteiger partial charge in [0.1, 0.15) is 23.1 Å². The van der Waals surface area contributed by atoms with Gasteiger partial charge in [-0.15, -0.1) is 13.2 Å². The minimum atomic E-state index is -1.25. The normalized spacial score (nSPS) is 26.8. The van der Waals surface area contributed by atoms with E-state index in [1.807, 2.05) is 32.9 Å². The van der Waals surface area contributed by atoms with Crippen molar-refractivity contribution in [3.8, 4) is 11.5 Å². The van der Waals surface area contributed by atoms with Gasteiger partial charge in [-0.05, 0) is 81.6 Å². The summed E-state index contributed by atoms with van der Waals surface area (Å²) >= 11 is 0. The van der Waals surface area contributed by atoms with E-state index in [4.69, 9.17) is 14.2 Å². The Morgan fingerprint density at radius 3 is 2.07 bits per heavy atom. The Labute approximate surface area is 271 Å². The van der Waals surface area contributed by atoms with Crippen molar-refractivity contribution in [2.75, 3.05) is 43.2 Å². The Kier molecular flexibility index (Phi) is 9.60. The van der Waals surface area contributed by atoms with Crippen molar-refractivity contribution in [2.24, 2.45) is 11.8 Å². The smallest absolute Gasteiger partial charge is 0.253 e. The summed E-state index contributed by atoms with van der Waals surface area (Å²) in [5.41, 5.74) is -0.982. The molecule has 2 aromatic carbocycles. The van der Waals surface area contributed by atoms with Crippen molar-refractivity contribution in [3.05, 3.63) is 73.8 Å². The lowest BCUT2D eigenvalue weighted by molar-refractivity contribution is -0.148. The zero-order valence-electron chi connectivity index (χ0n) is 27.2. The molecule has 2 aromatic rings. The van der Waals surface area contributed by atoms with Crippen LogP contribution >= 0.6 is 0 Å². The second-order valence-corrected chi connectivity index (χ2v) is 12.3. The number of likely N-dealkylation sites (tertiary alicyclic amines) is 1. The zero-order valence-corrected chi connectivity index (χ0v) is 27.2. The number of aliphatic hydroxyl groups is 1. The molecular formula is C36H45N3O7. The van der Waals surface area contributed by atoms with E-state index < -0.39 is 35.1 Å². The Bertz CT molecular complexity index is 1460. The molecule has 0 aliphatic carbocycles. The third kappa shape index (κ3) is 5.37. The van der Waals surface area contributed by atoms with Crippen LogP contribution in [-0.4, -0.2) is 84.4 Å². The van der Waals surface area contributed by atoms with Crippen LogP contribution in [0.25, 0.3) is 0 Å². The van der Waals surface area contributed by atoms with E-state index in [-0.39, 0.29) is 37.4 Å². The SMILES string of the molecule is C=CCN(C(=O)C1N([C@@H](CC)CO)C(=O)[C@@H]2[C@@H](C(=O)N(CC=C)c3ccc(OCC)cc3)[C@@]3(C)CCC12O3)c1ccc(OC)cc1. The molecule has 3 aliphatic rings. The number of aliphatic hydroxyl groups excluding tert-OH is 1. The second-order valence-electron chi connectivity index (χ2n) is 12.3. The Hall–Kier alpha value is -4.15. The minimum absolute atomic E-state index is 0.185. The van der Waals surface area contributed by atoms with E-state index in [9.17, 15) is 19.5 Å². The number of amides is 3. The fourth-order valence-electron chi connectivity index (χ4n) is 7.70. The monoisotopic (exact) mass is 631 g/mol. The molecule has 1 N–H and O–H groups in total. The molecule has 10 nitrogen and oxygen atoms in total. The zero-order chi connectivity index (χ0) is 33.2. The summed E-state index contributed by atoms with van der Waals surface area (Å²) in [5.74, 6) is -1.41. The summed E-state index contributed by atoms with van der Waals surface area (Å²) in [5, 5.41) is 10.5. The van der Waals surface area contributed by atoms with Crippen LogP contribution < -0.4 is 19.3 Å². The molecule has 3 heterocycles. The van der Waals surface area contributed by atoms with E-state index >= 15 is 0 Å². The molecule has 1 spiro atoms. The van der Waals surface area contributed by atoms with Crippen LogP contribution in [0.5, 0.6) is 11.5 Å². The molecule has 6 atom stereocenters. The van der Waals surface area contributed by atoms with E-state index in [2.05, 4.69) is 13.2 Å². The van der Waals surface area contributed by atoms with Gasteiger partial charge in [0.15, 0.2) is 0 Å². The number of benzene rings is 2. The fourth-order valence-corrected chi connectivity index (χ4v) is 7.70. The summed E-state index contributed by atoms with van der Waals surface area (Å²) < 4.78 is 17.8. The average Bonchev–Trinajstić information content (AvgIpc) is 3.64. The van der Waals surface area contributed by atoms with Crippen molar-refractivity contribution in [2.45, 2.75) is 63.3 Å².